The van der Waals surface area contributed by atoms with Gasteiger partial charge < -0.3 is 0 Å². The van der Waals surface area contributed by atoms with Crippen LogP contribution in [-0.2, 0) is 0 Å². The Balaban J connectivity index is 1.08. The molecule has 3 aromatic heterocycles. The topological polar surface area (TPSA) is 30.7 Å². The fraction of sp³-hybridized carbons (Fsp3) is 0. The van der Waals surface area contributed by atoms with E-state index >= 15 is 0 Å². The number of benzene rings is 9. The third kappa shape index (κ3) is 4.76. The van der Waals surface area contributed by atoms with Gasteiger partial charge in [-0.25, -0.2) is 9.97 Å². The number of rotatable bonds is 4. The van der Waals surface area contributed by atoms with Crippen molar-refractivity contribution in [3.05, 3.63) is 188 Å². The molecule has 0 fully saturated rings. The lowest BCUT2D eigenvalue weighted by Gasteiger charge is -2.12. The summed E-state index contributed by atoms with van der Waals surface area (Å²) in [5, 5.41) is 11.1. The van der Waals surface area contributed by atoms with Gasteiger partial charge in [0.2, 0.25) is 5.95 Å². The Morgan fingerprint density at radius 1 is 0.357 bits per heavy atom. The Morgan fingerprint density at radius 3 is 1.73 bits per heavy atom. The molecule has 56 heavy (non-hydrogen) atoms. The summed E-state index contributed by atoms with van der Waals surface area (Å²) in [5.41, 5.74) is 9.82. The number of aromatic nitrogens is 3. The third-order valence-electron chi connectivity index (χ3n) is 11.4. The fourth-order valence-corrected chi connectivity index (χ4v) is 9.85. The predicted molar refractivity (Wildman–Crippen MR) is 238 cm³/mol. The van der Waals surface area contributed by atoms with Gasteiger partial charge >= 0.3 is 0 Å². The summed E-state index contributed by atoms with van der Waals surface area (Å²) in [7, 11) is 0. The van der Waals surface area contributed by atoms with Crippen molar-refractivity contribution in [3.63, 3.8) is 0 Å². The number of para-hydroxylation sites is 1. The van der Waals surface area contributed by atoms with Gasteiger partial charge in [0.05, 0.1) is 22.2 Å². The molecule has 12 aromatic rings. The molecule has 0 bridgehead atoms. The normalized spacial score (nSPS) is 11.9. The maximum Gasteiger partial charge on any atom is 0.235 e. The number of nitrogens with zero attached hydrogens (tertiary/aromatic N) is 3. The molecule has 0 saturated carbocycles. The maximum absolute atomic E-state index is 5.41. The molecule has 0 amide bonds. The Bertz CT molecular complexity index is 3520. The van der Waals surface area contributed by atoms with Gasteiger partial charge in [0.15, 0.2) is 0 Å². The van der Waals surface area contributed by atoms with Crippen molar-refractivity contribution in [3.8, 4) is 39.5 Å². The smallest absolute Gasteiger partial charge is 0.235 e. The zero-order valence-corrected chi connectivity index (χ0v) is 31.0. The molecule has 0 spiro atoms. The van der Waals surface area contributed by atoms with E-state index in [4.69, 9.17) is 9.97 Å². The number of hydrogen-bond donors (Lipinski definition) is 0. The molecular formula is C52H31N3S. The van der Waals surface area contributed by atoms with Gasteiger partial charge in [-0.15, -0.1) is 11.3 Å². The SMILES string of the molecule is c1ccc(-c2ccc(-c3nc(-n4c5ccc(-c6ccc7sc8ccc9ccccc9c8c7c6)cc5c5c6ccccc6ccc54)nc4ccccc34)cc2)cc1. The van der Waals surface area contributed by atoms with Crippen LogP contribution < -0.4 is 0 Å². The third-order valence-corrected chi connectivity index (χ3v) is 12.5. The molecule has 3 nitrogen and oxygen atoms in total. The Kier molecular flexibility index (Phi) is 6.80. The minimum Gasteiger partial charge on any atom is -0.278 e. The predicted octanol–water partition coefficient (Wildman–Crippen LogP) is 14.4. The van der Waals surface area contributed by atoms with Crippen molar-refractivity contribution in [2.24, 2.45) is 0 Å². The molecular weight excluding hydrogens is 699 g/mol. The average Bonchev–Trinajstić information content (AvgIpc) is 3.82. The van der Waals surface area contributed by atoms with Gasteiger partial charge in [0.25, 0.3) is 0 Å². The van der Waals surface area contributed by atoms with Crippen molar-refractivity contribution in [1.29, 1.82) is 0 Å². The zero-order chi connectivity index (χ0) is 36.7. The lowest BCUT2D eigenvalue weighted by molar-refractivity contribution is 1.01. The monoisotopic (exact) mass is 729 g/mol. The molecule has 3 heterocycles. The minimum atomic E-state index is 0.659. The second kappa shape index (κ2) is 12.2. The Hall–Kier alpha value is -7.14. The average molecular weight is 730 g/mol. The van der Waals surface area contributed by atoms with E-state index in [1.54, 1.807) is 0 Å². The number of hydrogen-bond acceptors (Lipinski definition) is 3. The molecule has 0 atom stereocenters. The summed E-state index contributed by atoms with van der Waals surface area (Å²) in [4.78, 5) is 10.7. The molecule has 0 N–H and O–H groups in total. The van der Waals surface area contributed by atoms with Crippen LogP contribution >= 0.6 is 11.3 Å². The first-order valence-corrected chi connectivity index (χ1v) is 19.8. The first-order chi connectivity index (χ1) is 27.7. The molecule has 0 aliphatic rings. The molecule has 0 radical (unpaired) electrons. The van der Waals surface area contributed by atoms with Crippen LogP contribution in [0.25, 0.3) is 114 Å². The van der Waals surface area contributed by atoms with Crippen LogP contribution in [0.15, 0.2) is 188 Å². The maximum atomic E-state index is 5.41. The minimum absolute atomic E-state index is 0.659. The molecule has 0 aliphatic carbocycles. The highest BCUT2D eigenvalue weighted by Crippen LogP contribution is 2.43. The van der Waals surface area contributed by atoms with Crippen LogP contribution in [0.5, 0.6) is 0 Å². The van der Waals surface area contributed by atoms with Crippen molar-refractivity contribution < 1.29 is 0 Å². The molecule has 4 heteroatoms. The van der Waals surface area contributed by atoms with E-state index in [0.717, 1.165) is 33.2 Å². The standard InChI is InChI=1S/C52H31N3S/c1-2-10-32(11-3-1)33-18-20-36(21-19-33)51-41-16-8-9-17-44(41)53-52(54-51)55-45-26-23-37(30-42(45)49-39-14-6-4-12-34(39)22-27-46(49)55)38-25-28-47-43(31-38)50-40-15-7-5-13-35(40)24-29-48(50)56-47/h1-31H. The van der Waals surface area contributed by atoms with Gasteiger partial charge in [-0.2, -0.15) is 0 Å². The van der Waals surface area contributed by atoms with Gasteiger partial charge in [-0.1, -0.05) is 146 Å². The van der Waals surface area contributed by atoms with E-state index in [2.05, 4.69) is 193 Å². The quantitative estimate of drug-likeness (QED) is 0.181. The first kappa shape index (κ1) is 31.2. The van der Waals surface area contributed by atoms with Gasteiger partial charge in [0.1, 0.15) is 0 Å². The van der Waals surface area contributed by atoms with Crippen LogP contribution in [0.4, 0.5) is 0 Å². The number of thiophene rings is 1. The lowest BCUT2D eigenvalue weighted by Crippen LogP contribution is -2.03. The van der Waals surface area contributed by atoms with Crippen LogP contribution in [0.3, 0.4) is 0 Å². The summed E-state index contributed by atoms with van der Waals surface area (Å²) in [6.07, 6.45) is 0. The van der Waals surface area contributed by atoms with Crippen molar-refractivity contribution in [2.75, 3.05) is 0 Å². The highest BCUT2D eigenvalue weighted by Gasteiger charge is 2.20. The summed E-state index contributed by atoms with van der Waals surface area (Å²) in [6.45, 7) is 0. The first-order valence-electron chi connectivity index (χ1n) is 19.0. The summed E-state index contributed by atoms with van der Waals surface area (Å²) >= 11 is 1.87. The van der Waals surface area contributed by atoms with Crippen LogP contribution in [-0.4, -0.2) is 14.5 Å². The van der Waals surface area contributed by atoms with Crippen molar-refractivity contribution in [2.45, 2.75) is 0 Å². The highest BCUT2D eigenvalue weighted by molar-refractivity contribution is 7.26. The second-order valence-electron chi connectivity index (χ2n) is 14.6. The van der Waals surface area contributed by atoms with E-state index in [1.807, 2.05) is 11.3 Å². The Labute approximate surface area is 326 Å². The highest BCUT2D eigenvalue weighted by atomic mass is 32.1. The largest absolute Gasteiger partial charge is 0.278 e. The molecule has 0 unspecified atom stereocenters. The van der Waals surface area contributed by atoms with Crippen LogP contribution in [0, 0.1) is 0 Å². The zero-order valence-electron chi connectivity index (χ0n) is 30.1. The van der Waals surface area contributed by atoms with Gasteiger partial charge in [-0.3, -0.25) is 4.57 Å². The fourth-order valence-electron chi connectivity index (χ4n) is 8.75. The summed E-state index contributed by atoms with van der Waals surface area (Å²) < 4.78 is 4.89. The van der Waals surface area contributed by atoms with E-state index in [9.17, 15) is 0 Å². The molecule has 12 rings (SSSR count). The molecule has 0 aliphatic heterocycles. The van der Waals surface area contributed by atoms with E-state index in [0.29, 0.717) is 5.95 Å². The van der Waals surface area contributed by atoms with Gasteiger partial charge in [0, 0.05) is 41.9 Å². The molecule has 9 aromatic carbocycles. The van der Waals surface area contributed by atoms with E-state index in [1.165, 1.54) is 74.7 Å². The van der Waals surface area contributed by atoms with Gasteiger partial charge in [-0.05, 0) is 86.3 Å². The molecule has 0 saturated heterocycles. The van der Waals surface area contributed by atoms with Crippen molar-refractivity contribution in [1.82, 2.24) is 14.5 Å². The van der Waals surface area contributed by atoms with Crippen LogP contribution in [0.2, 0.25) is 0 Å². The van der Waals surface area contributed by atoms with Crippen LogP contribution in [0.1, 0.15) is 0 Å². The van der Waals surface area contributed by atoms with E-state index in [-0.39, 0.29) is 0 Å². The summed E-state index contributed by atoms with van der Waals surface area (Å²) in [6, 6.07) is 67.9. The second-order valence-corrected chi connectivity index (χ2v) is 15.6. The van der Waals surface area contributed by atoms with E-state index < -0.39 is 0 Å². The summed E-state index contributed by atoms with van der Waals surface area (Å²) in [5.74, 6) is 0.659. The molecule has 260 valence electrons. The van der Waals surface area contributed by atoms with Crippen molar-refractivity contribution >= 4 is 85.8 Å². The number of fused-ring (bicyclic) bond motifs is 11. The lowest BCUT2D eigenvalue weighted by atomic mass is 9.98. The Morgan fingerprint density at radius 2 is 0.929 bits per heavy atom.